The maximum absolute atomic E-state index is 4.90. The van der Waals surface area contributed by atoms with E-state index in [-0.39, 0.29) is 5.41 Å². The number of fused-ring (bicyclic) bond motifs is 1. The summed E-state index contributed by atoms with van der Waals surface area (Å²) in [7, 11) is 0. The number of benzene rings is 1. The molecular weight excluding hydrogens is 581 g/mol. The minimum Gasteiger partial charge on any atom is -0.172 e. The van der Waals surface area contributed by atoms with E-state index in [1.165, 1.54) is 123 Å². The zero-order valence-electron chi connectivity index (χ0n) is 28.1. The van der Waals surface area contributed by atoms with Crippen molar-refractivity contribution in [3.8, 4) is 20.9 Å². The fraction of sp³-hybridized carbons (Fsp3) is 0.632. The van der Waals surface area contributed by atoms with Crippen molar-refractivity contribution < 1.29 is 0 Å². The Morgan fingerprint density at radius 1 is 0.651 bits per heavy atom. The first-order valence-electron chi connectivity index (χ1n) is 17.3. The highest BCUT2D eigenvalue weighted by molar-refractivity contribution is 7.16. The van der Waals surface area contributed by atoms with Gasteiger partial charge in [-0.15, -0.1) is 22.7 Å². The number of rotatable bonds is 19. The smallest absolute Gasteiger partial charge is 0.114 e. The van der Waals surface area contributed by atoms with Gasteiger partial charge >= 0.3 is 0 Å². The number of hydrogen-bond donors (Lipinski definition) is 0. The quantitative estimate of drug-likeness (QED) is 0.0957. The van der Waals surface area contributed by atoms with Gasteiger partial charge in [-0.25, -0.2) is 0 Å². The van der Waals surface area contributed by atoms with Crippen LogP contribution in [0.4, 0.5) is 0 Å². The highest BCUT2D eigenvalue weighted by atomic mass is 32.1. The van der Waals surface area contributed by atoms with Gasteiger partial charge in [0.15, 0.2) is 0 Å². The molecule has 43 heavy (non-hydrogen) atoms. The first-order valence-corrected chi connectivity index (χ1v) is 19.7. The maximum Gasteiger partial charge on any atom is 0.114 e. The minimum atomic E-state index is 0.191. The van der Waals surface area contributed by atoms with E-state index in [1.54, 1.807) is 20.9 Å². The largest absolute Gasteiger partial charge is 0.172 e. The topological polar surface area (TPSA) is 25.8 Å². The lowest BCUT2D eigenvalue weighted by molar-refractivity contribution is 0.510. The van der Waals surface area contributed by atoms with Gasteiger partial charge in [-0.3, -0.25) is 0 Å². The molecule has 1 aromatic carbocycles. The van der Waals surface area contributed by atoms with Gasteiger partial charge in [-0.1, -0.05) is 125 Å². The molecule has 0 atom stereocenters. The lowest BCUT2D eigenvalue weighted by atomic mass is 9.85. The third-order valence-electron chi connectivity index (χ3n) is 9.22. The number of nitrogens with zero attached hydrogens (tertiary/aromatic N) is 2. The van der Waals surface area contributed by atoms with Gasteiger partial charge in [0.2, 0.25) is 0 Å². The van der Waals surface area contributed by atoms with Gasteiger partial charge in [0, 0.05) is 30.6 Å². The van der Waals surface area contributed by atoms with Gasteiger partial charge in [0.25, 0.3) is 0 Å². The second-order valence-electron chi connectivity index (χ2n) is 13.5. The fourth-order valence-corrected chi connectivity index (χ4v) is 9.42. The van der Waals surface area contributed by atoms with E-state index < -0.39 is 0 Å². The van der Waals surface area contributed by atoms with E-state index >= 15 is 0 Å². The Balaban J connectivity index is 1.60. The Bertz CT molecular complexity index is 1400. The summed E-state index contributed by atoms with van der Waals surface area (Å²) >= 11 is 5.35. The second kappa shape index (κ2) is 16.7. The van der Waals surface area contributed by atoms with Crippen LogP contribution in [0.5, 0.6) is 0 Å². The normalized spacial score (nSPS) is 12.3. The van der Waals surface area contributed by atoms with Gasteiger partial charge in [-0.05, 0) is 66.7 Å². The van der Waals surface area contributed by atoms with Crippen molar-refractivity contribution in [1.82, 2.24) is 8.75 Å². The van der Waals surface area contributed by atoms with Crippen LogP contribution in [-0.4, -0.2) is 8.75 Å². The van der Waals surface area contributed by atoms with Crippen molar-refractivity contribution in [3.63, 3.8) is 0 Å². The van der Waals surface area contributed by atoms with Crippen LogP contribution in [0.25, 0.3) is 31.9 Å². The zero-order chi connectivity index (χ0) is 30.8. The van der Waals surface area contributed by atoms with E-state index in [1.807, 2.05) is 22.7 Å². The molecule has 0 aliphatic rings. The average Bonchev–Trinajstić information content (AvgIpc) is 3.75. The van der Waals surface area contributed by atoms with E-state index in [0.717, 1.165) is 17.5 Å². The Morgan fingerprint density at radius 2 is 1.14 bits per heavy atom. The highest BCUT2D eigenvalue weighted by Crippen LogP contribution is 2.45. The van der Waals surface area contributed by atoms with Crippen LogP contribution in [0.3, 0.4) is 0 Å². The molecular formula is C38H56N2S3. The second-order valence-corrected chi connectivity index (χ2v) is 16.2. The molecule has 4 rings (SSSR count). The van der Waals surface area contributed by atoms with Crippen LogP contribution in [0, 0.1) is 0 Å². The SMILES string of the molecule is CCCCCCCCc1cc(-c2ccc(-c3cc(CCCCCCCC)c(C(C)(C)CC)s3)c3nsnc23)sc1C(C)C. The van der Waals surface area contributed by atoms with E-state index in [9.17, 15) is 0 Å². The number of unbranched alkanes of at least 4 members (excludes halogenated alkanes) is 10. The van der Waals surface area contributed by atoms with Gasteiger partial charge < -0.3 is 0 Å². The van der Waals surface area contributed by atoms with Gasteiger partial charge in [0.1, 0.15) is 11.0 Å². The molecule has 2 nitrogen and oxygen atoms in total. The fourth-order valence-electron chi connectivity index (χ4n) is 6.20. The summed E-state index contributed by atoms with van der Waals surface area (Å²) in [6.07, 6.45) is 19.7. The van der Waals surface area contributed by atoms with Crippen molar-refractivity contribution in [1.29, 1.82) is 0 Å². The molecule has 236 valence electrons. The van der Waals surface area contributed by atoms with E-state index in [0.29, 0.717) is 5.92 Å². The molecule has 0 amide bonds. The maximum atomic E-state index is 4.90. The predicted octanol–water partition coefficient (Wildman–Crippen LogP) is 13.8. The van der Waals surface area contributed by atoms with Crippen molar-refractivity contribution in [2.24, 2.45) is 0 Å². The number of aryl methyl sites for hydroxylation is 2. The lowest BCUT2D eigenvalue weighted by Crippen LogP contribution is -2.15. The summed E-state index contributed by atoms with van der Waals surface area (Å²) in [6.45, 7) is 16.5. The summed E-state index contributed by atoms with van der Waals surface area (Å²) in [6, 6.07) is 9.65. The molecule has 0 saturated carbocycles. The van der Waals surface area contributed by atoms with Gasteiger partial charge in [0.05, 0.1) is 11.7 Å². The molecule has 0 unspecified atom stereocenters. The average molecular weight is 637 g/mol. The minimum absolute atomic E-state index is 0.191. The molecule has 3 heterocycles. The molecule has 0 bridgehead atoms. The molecule has 3 aromatic heterocycles. The Hall–Kier alpha value is -1.56. The van der Waals surface area contributed by atoms with Crippen LogP contribution in [0.2, 0.25) is 0 Å². The van der Waals surface area contributed by atoms with Crippen LogP contribution < -0.4 is 0 Å². The summed E-state index contributed by atoms with van der Waals surface area (Å²) in [5, 5.41) is 0. The summed E-state index contributed by atoms with van der Waals surface area (Å²) < 4.78 is 9.79. The van der Waals surface area contributed by atoms with Crippen LogP contribution in [0.1, 0.15) is 159 Å². The van der Waals surface area contributed by atoms with Crippen LogP contribution in [0.15, 0.2) is 24.3 Å². The zero-order valence-corrected chi connectivity index (χ0v) is 30.6. The van der Waals surface area contributed by atoms with E-state index in [4.69, 9.17) is 8.75 Å². The van der Waals surface area contributed by atoms with Crippen molar-refractivity contribution in [2.45, 2.75) is 156 Å². The van der Waals surface area contributed by atoms with Gasteiger partial charge in [-0.2, -0.15) is 8.75 Å². The summed E-state index contributed by atoms with van der Waals surface area (Å²) in [5.74, 6) is 0.550. The highest BCUT2D eigenvalue weighted by Gasteiger charge is 2.26. The standard InChI is InChI=1S/C38H56N2S3/c1-8-11-13-15-17-19-21-28-25-32(41-36(28)27(4)5)30-23-24-31(35-34(30)39-43-40-35)33-26-29(22-20-18-16-14-12-9-2)37(42-33)38(6,7)10-3/h23-27H,8-22H2,1-7H3. The molecule has 0 aliphatic carbocycles. The van der Waals surface area contributed by atoms with Crippen molar-refractivity contribution in [3.05, 3.63) is 45.1 Å². The Labute approximate surface area is 275 Å². The van der Waals surface area contributed by atoms with Crippen molar-refractivity contribution in [2.75, 3.05) is 0 Å². The molecule has 0 saturated heterocycles. The number of thiophene rings is 2. The lowest BCUT2D eigenvalue weighted by Gasteiger charge is -2.23. The molecule has 0 aliphatic heterocycles. The molecule has 0 radical (unpaired) electrons. The molecule has 4 aromatic rings. The first-order chi connectivity index (χ1) is 20.8. The summed E-state index contributed by atoms with van der Waals surface area (Å²) in [4.78, 5) is 5.84. The Kier molecular flexibility index (Phi) is 13.3. The van der Waals surface area contributed by atoms with E-state index in [2.05, 4.69) is 72.7 Å². The van der Waals surface area contributed by atoms with Crippen molar-refractivity contribution >= 4 is 45.4 Å². The van der Waals surface area contributed by atoms with Crippen LogP contribution >= 0.6 is 34.4 Å². The molecule has 0 spiro atoms. The first kappa shape index (κ1) is 34.3. The third kappa shape index (κ3) is 8.79. The molecule has 5 heteroatoms. The predicted molar refractivity (Wildman–Crippen MR) is 196 cm³/mol. The third-order valence-corrected chi connectivity index (χ3v) is 12.8. The Morgan fingerprint density at radius 3 is 1.67 bits per heavy atom. The monoisotopic (exact) mass is 636 g/mol. The molecule has 0 N–H and O–H groups in total. The summed E-state index contributed by atoms with van der Waals surface area (Å²) in [5.41, 5.74) is 7.97. The number of hydrogen-bond acceptors (Lipinski definition) is 5. The number of aromatic nitrogens is 2. The van der Waals surface area contributed by atoms with Crippen LogP contribution in [-0.2, 0) is 18.3 Å². The molecule has 0 fully saturated rings.